The zero-order valence-corrected chi connectivity index (χ0v) is 13.4. The van der Waals surface area contributed by atoms with Crippen LogP contribution in [0.15, 0.2) is 0 Å². The van der Waals surface area contributed by atoms with Crippen LogP contribution in [-0.4, -0.2) is 54.1 Å². The molecule has 10 heteroatoms. The van der Waals surface area contributed by atoms with Crippen LogP contribution in [0.25, 0.3) is 0 Å². The average Bonchev–Trinajstić information content (AvgIpc) is 2.24. The van der Waals surface area contributed by atoms with Crippen LogP contribution in [0, 0.1) is 0 Å². The van der Waals surface area contributed by atoms with Gasteiger partial charge in [0.15, 0.2) is 0 Å². The molecule has 0 aliphatic carbocycles. The molecule has 114 valence electrons. The number of nitrogens with zero attached hydrogens (tertiary/aromatic N) is 1. The fourth-order valence-corrected chi connectivity index (χ4v) is 6.33. The lowest BCUT2D eigenvalue weighted by atomic mass is 10.1. The van der Waals surface area contributed by atoms with Crippen LogP contribution in [0.3, 0.4) is 0 Å². The summed E-state index contributed by atoms with van der Waals surface area (Å²) in [6.45, 7) is 2.30. The smallest absolute Gasteiger partial charge is 0.323 e. The molecule has 0 aromatic heterocycles. The van der Waals surface area contributed by atoms with Crippen molar-refractivity contribution < 1.29 is 28.7 Å². The average molecular weight is 333 g/mol. The van der Waals surface area contributed by atoms with Gasteiger partial charge in [-0.1, -0.05) is 19.8 Å². The van der Waals surface area contributed by atoms with Gasteiger partial charge in [-0.05, 0) is 6.42 Å². The van der Waals surface area contributed by atoms with Gasteiger partial charge in [0.1, 0.15) is 0 Å². The van der Waals surface area contributed by atoms with E-state index in [9.17, 15) is 28.7 Å². The number of rotatable bonds is 6. The normalized spacial score (nSPS) is 22.9. The van der Waals surface area contributed by atoms with Crippen LogP contribution < -0.4 is 0 Å². The van der Waals surface area contributed by atoms with Crippen LogP contribution >= 0.6 is 27.0 Å². The summed E-state index contributed by atoms with van der Waals surface area (Å²) < 4.78 is 22.9. The van der Waals surface area contributed by atoms with E-state index >= 15 is 0 Å². The lowest BCUT2D eigenvalue weighted by Gasteiger charge is -2.40. The SMILES string of the molecule is CCCCC1CSCCN1C(P(=O)(O)O)P(=O)(O)O. The highest BCUT2D eigenvalue weighted by atomic mass is 32.2. The van der Waals surface area contributed by atoms with Crippen LogP contribution in [0.1, 0.15) is 26.2 Å². The van der Waals surface area contributed by atoms with Crippen molar-refractivity contribution in [2.75, 3.05) is 18.1 Å². The van der Waals surface area contributed by atoms with Crippen molar-refractivity contribution in [1.82, 2.24) is 4.90 Å². The fourth-order valence-electron chi connectivity index (χ4n) is 2.24. The molecule has 7 nitrogen and oxygen atoms in total. The van der Waals surface area contributed by atoms with Gasteiger partial charge in [0.2, 0.25) is 5.52 Å². The molecular weight excluding hydrogens is 312 g/mol. The van der Waals surface area contributed by atoms with Crippen LogP contribution in [0.2, 0.25) is 0 Å². The second-order valence-electron chi connectivity index (χ2n) is 4.63. The molecule has 1 rings (SSSR count). The first kappa shape index (κ1) is 17.7. The van der Waals surface area contributed by atoms with Gasteiger partial charge >= 0.3 is 15.2 Å². The Bertz CT molecular complexity index is 361. The molecule has 1 fully saturated rings. The maximum atomic E-state index is 11.5. The van der Waals surface area contributed by atoms with Gasteiger partial charge in [-0.3, -0.25) is 14.0 Å². The molecule has 1 aliphatic heterocycles. The highest BCUT2D eigenvalue weighted by Gasteiger charge is 2.50. The van der Waals surface area contributed by atoms with Gasteiger partial charge in [-0.25, -0.2) is 0 Å². The quantitative estimate of drug-likeness (QED) is 0.536. The summed E-state index contributed by atoms with van der Waals surface area (Å²) in [7, 11) is -9.76. The number of thioether (sulfide) groups is 1. The Morgan fingerprint density at radius 3 is 2.32 bits per heavy atom. The van der Waals surface area contributed by atoms with Crippen molar-refractivity contribution in [1.29, 1.82) is 0 Å². The van der Waals surface area contributed by atoms with Crippen molar-refractivity contribution in [3.8, 4) is 0 Å². The molecule has 0 aromatic carbocycles. The van der Waals surface area contributed by atoms with Crippen molar-refractivity contribution in [3.63, 3.8) is 0 Å². The summed E-state index contributed by atoms with van der Waals surface area (Å²) in [5.74, 6) is 1.27. The lowest BCUT2D eigenvalue weighted by Crippen LogP contribution is -2.48. The van der Waals surface area contributed by atoms with Gasteiger partial charge in [0.05, 0.1) is 0 Å². The summed E-state index contributed by atoms with van der Waals surface area (Å²) in [6, 6.07) is -0.191. The molecule has 1 atom stereocenters. The summed E-state index contributed by atoms with van der Waals surface area (Å²) >= 11 is 1.65. The second kappa shape index (κ2) is 7.05. The predicted molar refractivity (Wildman–Crippen MR) is 75.2 cm³/mol. The minimum atomic E-state index is -4.88. The second-order valence-corrected chi connectivity index (χ2v) is 9.53. The van der Waals surface area contributed by atoms with Crippen LogP contribution in [-0.2, 0) is 9.13 Å². The zero-order chi connectivity index (χ0) is 14.7. The molecule has 4 N–H and O–H groups in total. The minimum absolute atomic E-state index is 0.191. The van der Waals surface area contributed by atoms with Crippen molar-refractivity contribution in [2.45, 2.75) is 37.8 Å². The van der Waals surface area contributed by atoms with E-state index in [1.807, 2.05) is 6.92 Å². The van der Waals surface area contributed by atoms with E-state index in [-0.39, 0.29) is 6.04 Å². The maximum absolute atomic E-state index is 11.5. The Hall–Kier alpha value is 0.610. The molecule has 0 bridgehead atoms. The monoisotopic (exact) mass is 333 g/mol. The highest BCUT2D eigenvalue weighted by Crippen LogP contribution is 2.62. The van der Waals surface area contributed by atoms with E-state index in [2.05, 4.69) is 0 Å². The molecule has 0 radical (unpaired) electrons. The Labute approximate surface area is 117 Å². The Morgan fingerprint density at radius 1 is 1.26 bits per heavy atom. The fraction of sp³-hybridized carbons (Fsp3) is 1.00. The largest absolute Gasteiger partial charge is 0.354 e. The zero-order valence-electron chi connectivity index (χ0n) is 10.8. The first-order valence-electron chi connectivity index (χ1n) is 6.12. The van der Waals surface area contributed by atoms with Gasteiger partial charge in [-0.15, -0.1) is 0 Å². The topological polar surface area (TPSA) is 118 Å². The standard InChI is InChI=1S/C9H21NO6P2S/c1-2-3-4-8-7-19-6-5-10(8)9(17(11,12)13)18(14,15)16/h8-9H,2-7H2,1H3,(H2,11,12,13)(H2,14,15,16). The lowest BCUT2D eigenvalue weighted by molar-refractivity contribution is 0.178. The minimum Gasteiger partial charge on any atom is -0.323 e. The van der Waals surface area contributed by atoms with Crippen LogP contribution in [0.5, 0.6) is 0 Å². The molecule has 0 saturated carbocycles. The molecule has 1 aliphatic rings. The van der Waals surface area contributed by atoms with Gasteiger partial charge in [0, 0.05) is 24.1 Å². The van der Waals surface area contributed by atoms with E-state index in [1.54, 1.807) is 11.8 Å². The summed E-state index contributed by atoms with van der Waals surface area (Å²) in [4.78, 5) is 38.4. The van der Waals surface area contributed by atoms with E-state index in [4.69, 9.17) is 0 Å². The van der Waals surface area contributed by atoms with Crippen molar-refractivity contribution in [2.24, 2.45) is 0 Å². The van der Waals surface area contributed by atoms with E-state index < -0.39 is 20.7 Å². The number of hydrogen-bond acceptors (Lipinski definition) is 4. The molecule has 19 heavy (non-hydrogen) atoms. The van der Waals surface area contributed by atoms with Crippen molar-refractivity contribution in [3.05, 3.63) is 0 Å². The van der Waals surface area contributed by atoms with E-state index in [0.29, 0.717) is 24.5 Å². The summed E-state index contributed by atoms with van der Waals surface area (Å²) in [6.07, 6.45) is 2.50. The number of unbranched alkanes of at least 4 members (excludes halogenated alkanes) is 1. The third-order valence-electron chi connectivity index (χ3n) is 3.06. The molecule has 1 saturated heterocycles. The summed E-state index contributed by atoms with van der Waals surface area (Å²) in [5.41, 5.74) is -2.00. The molecule has 0 aromatic rings. The Balaban J connectivity index is 2.97. The van der Waals surface area contributed by atoms with Gasteiger partial charge < -0.3 is 19.6 Å². The molecular formula is C9H21NO6P2S. The molecule has 0 amide bonds. The summed E-state index contributed by atoms with van der Waals surface area (Å²) in [5, 5.41) is 0. The third-order valence-corrected chi connectivity index (χ3v) is 7.76. The highest BCUT2D eigenvalue weighted by molar-refractivity contribution is 7.99. The van der Waals surface area contributed by atoms with Crippen LogP contribution in [0.4, 0.5) is 0 Å². The third kappa shape index (κ3) is 5.14. The first-order chi connectivity index (χ1) is 8.68. The maximum Gasteiger partial charge on any atom is 0.354 e. The van der Waals surface area contributed by atoms with Gasteiger partial charge in [-0.2, -0.15) is 11.8 Å². The predicted octanol–water partition coefficient (Wildman–Crippen LogP) is 1.23. The van der Waals surface area contributed by atoms with E-state index in [1.165, 1.54) is 4.90 Å². The number of hydrogen-bond donors (Lipinski definition) is 4. The Morgan fingerprint density at radius 2 is 1.84 bits per heavy atom. The molecule has 1 heterocycles. The first-order valence-corrected chi connectivity index (χ1v) is 10.6. The van der Waals surface area contributed by atoms with Gasteiger partial charge in [0.25, 0.3) is 0 Å². The van der Waals surface area contributed by atoms with E-state index in [0.717, 1.165) is 12.8 Å². The van der Waals surface area contributed by atoms with Crippen molar-refractivity contribution >= 4 is 27.0 Å². The molecule has 1 unspecified atom stereocenters. The Kier molecular flexibility index (Phi) is 6.55. The molecule has 0 spiro atoms.